The first-order valence-corrected chi connectivity index (χ1v) is 8.14. The van der Waals surface area contributed by atoms with Gasteiger partial charge in [-0.3, -0.25) is 10.0 Å². The summed E-state index contributed by atoms with van der Waals surface area (Å²) in [5.74, 6) is 0. The lowest BCUT2D eigenvalue weighted by molar-refractivity contribution is 0.245. The van der Waals surface area contributed by atoms with Crippen LogP contribution in [0, 0.1) is 0 Å². The Balaban J connectivity index is 1.91. The smallest absolute Gasteiger partial charge is 0.0643 e. The first-order chi connectivity index (χ1) is 11.8. The van der Waals surface area contributed by atoms with Crippen molar-refractivity contribution in [2.24, 2.45) is 0 Å². The summed E-state index contributed by atoms with van der Waals surface area (Å²) in [6.45, 7) is 0.789. The van der Waals surface area contributed by atoms with Crippen molar-refractivity contribution in [3.63, 3.8) is 0 Å². The van der Waals surface area contributed by atoms with Crippen molar-refractivity contribution >= 4 is 11.4 Å². The van der Waals surface area contributed by atoms with Gasteiger partial charge in [-0.15, -0.1) is 5.12 Å². The maximum atomic E-state index is 2.24. The van der Waals surface area contributed by atoms with Gasteiger partial charge in [0.25, 0.3) is 0 Å². The molecular formula is C21H23N3. The number of hydrogen-bond acceptors (Lipinski definition) is 3. The number of rotatable bonds is 6. The maximum Gasteiger partial charge on any atom is 0.0643 e. The minimum Gasteiger partial charge on any atom is -0.291 e. The molecule has 0 aromatic heterocycles. The van der Waals surface area contributed by atoms with Crippen molar-refractivity contribution in [1.29, 1.82) is 0 Å². The SMILES string of the molecule is CN(c1ccccc1)N(Cc1ccccc1)N(C)c1ccccc1. The number of nitrogens with zero attached hydrogens (tertiary/aromatic N) is 3. The highest BCUT2D eigenvalue weighted by Crippen LogP contribution is 2.22. The number of hydrogen-bond donors (Lipinski definition) is 0. The van der Waals surface area contributed by atoms with Crippen molar-refractivity contribution < 1.29 is 0 Å². The zero-order valence-electron chi connectivity index (χ0n) is 14.2. The number of benzene rings is 3. The Morgan fingerprint density at radius 1 is 0.542 bits per heavy atom. The molecular weight excluding hydrogens is 294 g/mol. The van der Waals surface area contributed by atoms with Crippen LogP contribution < -0.4 is 10.0 Å². The summed E-state index contributed by atoms with van der Waals surface area (Å²) < 4.78 is 0. The standard InChI is InChI=1S/C21H23N3/c1-22(20-14-8-4-9-15-20)24(18-19-12-6-3-7-13-19)23(2)21-16-10-5-11-17-21/h3-17H,18H2,1-2H3. The summed E-state index contributed by atoms with van der Waals surface area (Å²) in [5.41, 5.74) is 3.57. The molecule has 0 aliphatic rings. The van der Waals surface area contributed by atoms with Crippen LogP contribution in [0.5, 0.6) is 0 Å². The summed E-state index contributed by atoms with van der Waals surface area (Å²) in [4.78, 5) is 0. The number of anilines is 2. The second-order valence-electron chi connectivity index (χ2n) is 5.73. The molecule has 0 aliphatic heterocycles. The van der Waals surface area contributed by atoms with E-state index >= 15 is 0 Å². The largest absolute Gasteiger partial charge is 0.291 e. The molecule has 0 aliphatic carbocycles. The Labute approximate surface area is 144 Å². The van der Waals surface area contributed by atoms with Crippen molar-refractivity contribution in [3.05, 3.63) is 96.6 Å². The lowest BCUT2D eigenvalue weighted by Crippen LogP contribution is -2.50. The summed E-state index contributed by atoms with van der Waals surface area (Å²) in [5, 5.41) is 6.60. The molecule has 0 unspecified atom stereocenters. The van der Waals surface area contributed by atoms with Crippen LogP contribution in [0.1, 0.15) is 5.56 Å². The van der Waals surface area contributed by atoms with Gasteiger partial charge in [0.2, 0.25) is 0 Å². The van der Waals surface area contributed by atoms with Crippen LogP contribution in [0.3, 0.4) is 0 Å². The third-order valence-corrected chi connectivity index (χ3v) is 4.12. The van der Waals surface area contributed by atoms with Gasteiger partial charge in [-0.2, -0.15) is 0 Å². The van der Waals surface area contributed by atoms with E-state index in [9.17, 15) is 0 Å². The van der Waals surface area contributed by atoms with Crippen molar-refractivity contribution in [1.82, 2.24) is 5.12 Å². The van der Waals surface area contributed by atoms with E-state index in [0.717, 1.165) is 17.9 Å². The minimum absolute atomic E-state index is 0.789. The lowest BCUT2D eigenvalue weighted by atomic mass is 10.2. The third-order valence-electron chi connectivity index (χ3n) is 4.12. The molecule has 3 aromatic rings. The van der Waals surface area contributed by atoms with Crippen molar-refractivity contribution in [2.75, 3.05) is 24.1 Å². The van der Waals surface area contributed by atoms with Gasteiger partial charge in [0.05, 0.1) is 17.9 Å². The van der Waals surface area contributed by atoms with Gasteiger partial charge in [0.15, 0.2) is 0 Å². The fourth-order valence-electron chi connectivity index (χ4n) is 2.71. The minimum atomic E-state index is 0.789. The fourth-order valence-corrected chi connectivity index (χ4v) is 2.71. The van der Waals surface area contributed by atoms with E-state index in [0.29, 0.717) is 0 Å². The van der Waals surface area contributed by atoms with Gasteiger partial charge in [0.1, 0.15) is 0 Å². The Morgan fingerprint density at radius 3 is 1.33 bits per heavy atom. The molecule has 0 spiro atoms. The second-order valence-corrected chi connectivity index (χ2v) is 5.73. The van der Waals surface area contributed by atoms with Crippen LogP contribution in [0.15, 0.2) is 91.0 Å². The molecule has 0 fully saturated rings. The molecule has 3 nitrogen and oxygen atoms in total. The molecule has 24 heavy (non-hydrogen) atoms. The summed E-state index contributed by atoms with van der Waals surface area (Å²) in [6.07, 6.45) is 0. The van der Waals surface area contributed by atoms with Crippen molar-refractivity contribution in [3.8, 4) is 0 Å². The molecule has 0 radical (unpaired) electrons. The van der Waals surface area contributed by atoms with Crippen LogP contribution in [0.25, 0.3) is 0 Å². The third kappa shape index (κ3) is 3.76. The first kappa shape index (κ1) is 16.1. The molecule has 0 saturated carbocycles. The molecule has 3 heteroatoms. The molecule has 0 N–H and O–H groups in total. The van der Waals surface area contributed by atoms with E-state index in [2.05, 4.69) is 108 Å². The van der Waals surface area contributed by atoms with E-state index in [1.54, 1.807) is 0 Å². The van der Waals surface area contributed by atoms with E-state index in [-0.39, 0.29) is 0 Å². The van der Waals surface area contributed by atoms with Crippen LogP contribution in [-0.2, 0) is 6.54 Å². The summed E-state index contributed by atoms with van der Waals surface area (Å²) >= 11 is 0. The van der Waals surface area contributed by atoms with E-state index in [4.69, 9.17) is 0 Å². The Kier molecular flexibility index (Phi) is 5.14. The Morgan fingerprint density at radius 2 is 0.917 bits per heavy atom. The van der Waals surface area contributed by atoms with Gasteiger partial charge in [-0.25, -0.2) is 0 Å². The number of para-hydroxylation sites is 2. The average molecular weight is 317 g/mol. The fraction of sp³-hybridized carbons (Fsp3) is 0.143. The van der Waals surface area contributed by atoms with E-state index in [1.165, 1.54) is 5.56 Å². The molecule has 122 valence electrons. The predicted octanol–water partition coefficient (Wildman–Crippen LogP) is 4.59. The first-order valence-electron chi connectivity index (χ1n) is 8.14. The maximum absolute atomic E-state index is 2.24. The van der Waals surface area contributed by atoms with Gasteiger partial charge >= 0.3 is 0 Å². The normalized spacial score (nSPS) is 10.6. The van der Waals surface area contributed by atoms with Gasteiger partial charge in [-0.1, -0.05) is 66.7 Å². The van der Waals surface area contributed by atoms with Crippen molar-refractivity contribution in [2.45, 2.75) is 6.54 Å². The average Bonchev–Trinajstić information content (AvgIpc) is 2.67. The molecule has 0 heterocycles. The van der Waals surface area contributed by atoms with Gasteiger partial charge in [0, 0.05) is 14.1 Å². The molecule has 3 rings (SSSR count). The predicted molar refractivity (Wildman–Crippen MR) is 102 cm³/mol. The molecule has 3 aromatic carbocycles. The quantitative estimate of drug-likeness (QED) is 0.616. The van der Waals surface area contributed by atoms with Gasteiger partial charge < -0.3 is 0 Å². The van der Waals surface area contributed by atoms with Gasteiger partial charge in [-0.05, 0) is 29.8 Å². The topological polar surface area (TPSA) is 9.72 Å². The Bertz CT molecular complexity index is 683. The highest BCUT2D eigenvalue weighted by atomic mass is 15.8. The number of hydrazine groups is 2. The van der Waals surface area contributed by atoms with Crippen LogP contribution in [0.4, 0.5) is 11.4 Å². The zero-order valence-corrected chi connectivity index (χ0v) is 14.2. The highest BCUT2D eigenvalue weighted by molar-refractivity contribution is 5.48. The summed E-state index contributed by atoms with van der Waals surface area (Å²) in [6, 6.07) is 31.4. The van der Waals surface area contributed by atoms with E-state index in [1.807, 2.05) is 12.1 Å². The molecule has 0 amide bonds. The summed E-state index contributed by atoms with van der Waals surface area (Å²) in [7, 11) is 4.19. The molecule has 0 saturated heterocycles. The molecule has 0 bridgehead atoms. The zero-order chi connectivity index (χ0) is 16.8. The monoisotopic (exact) mass is 317 g/mol. The van der Waals surface area contributed by atoms with Crippen LogP contribution >= 0.6 is 0 Å². The second kappa shape index (κ2) is 7.66. The van der Waals surface area contributed by atoms with E-state index < -0.39 is 0 Å². The van der Waals surface area contributed by atoms with Crippen LogP contribution in [-0.4, -0.2) is 19.2 Å². The molecule has 0 atom stereocenters. The highest BCUT2D eigenvalue weighted by Gasteiger charge is 2.18. The lowest BCUT2D eigenvalue weighted by Gasteiger charge is -2.40. The van der Waals surface area contributed by atoms with Crippen LogP contribution in [0.2, 0.25) is 0 Å². The Hall–Kier alpha value is -2.78.